The number of carbonyl (C=O) groups is 2. The molecule has 1 aliphatic carbocycles. The summed E-state index contributed by atoms with van der Waals surface area (Å²) in [4.78, 5) is 24.7. The number of hydrogen-bond acceptors (Lipinski definition) is 5. The van der Waals surface area contributed by atoms with Crippen LogP contribution in [0, 0.1) is 5.92 Å². The Hall–Kier alpha value is -1.15. The highest BCUT2D eigenvalue weighted by atomic mass is 79.9. The average molecular weight is 674 g/mol. The number of aromatic nitrogens is 1. The minimum Gasteiger partial charge on any atom is -1.00 e. The van der Waals surface area contributed by atoms with Crippen molar-refractivity contribution in [3.05, 3.63) is 17.1 Å². The largest absolute Gasteiger partial charge is 1.00 e. The zero-order valence-electron chi connectivity index (χ0n) is 26.6. The number of nitrogens with zero attached hydrogens (tertiary/aromatic N) is 1. The Kier molecular flexibility index (Phi) is 25.4. The van der Waals surface area contributed by atoms with E-state index >= 15 is 0 Å². The van der Waals surface area contributed by atoms with Crippen molar-refractivity contribution >= 4 is 23.4 Å². The second kappa shape index (κ2) is 27.4. The van der Waals surface area contributed by atoms with E-state index in [-0.39, 0.29) is 35.7 Å². The van der Waals surface area contributed by atoms with Gasteiger partial charge in [-0.3, -0.25) is 4.79 Å². The summed E-state index contributed by atoms with van der Waals surface area (Å²) in [5, 5.41) is 4.94. The predicted octanol–water partition coefficient (Wildman–Crippen LogP) is 6.30. The maximum atomic E-state index is 12.5. The number of nitrogens with one attached hydrogen (secondary N) is 1. The number of aryl methyl sites for hydroxylation is 1. The van der Waals surface area contributed by atoms with Gasteiger partial charge >= 0.3 is 12.1 Å². The van der Waals surface area contributed by atoms with Crippen molar-refractivity contribution in [3.63, 3.8) is 0 Å². The van der Waals surface area contributed by atoms with Gasteiger partial charge in [0.05, 0.1) is 5.38 Å². The highest BCUT2D eigenvalue weighted by Gasteiger charge is 2.29. The fraction of sp³-hybridized carbons (Fsp3) is 0.853. The van der Waals surface area contributed by atoms with Gasteiger partial charge in [0.1, 0.15) is 19.3 Å². The van der Waals surface area contributed by atoms with Gasteiger partial charge < -0.3 is 31.8 Å². The molecule has 1 heterocycles. The van der Waals surface area contributed by atoms with Gasteiger partial charge in [-0.05, 0) is 31.6 Å². The van der Waals surface area contributed by atoms with Crippen LogP contribution in [-0.4, -0.2) is 31.3 Å². The van der Waals surface area contributed by atoms with Crippen molar-refractivity contribution < 1.29 is 40.6 Å². The molecule has 1 aliphatic rings. The molecule has 1 atom stereocenters. The quantitative estimate of drug-likeness (QED) is 0.0713. The summed E-state index contributed by atoms with van der Waals surface area (Å²) < 4.78 is 13.4. The van der Waals surface area contributed by atoms with E-state index in [1.165, 1.54) is 89.9 Å². The number of alkyl carbamates (subject to hydrolysis) is 1. The van der Waals surface area contributed by atoms with Crippen LogP contribution in [0.3, 0.4) is 0 Å². The first-order valence-corrected chi connectivity index (χ1v) is 18.1. The molecule has 0 spiro atoms. The number of amides is 1. The first-order chi connectivity index (χ1) is 20.2. The highest BCUT2D eigenvalue weighted by Crippen LogP contribution is 2.30. The molecule has 42 heavy (non-hydrogen) atoms. The number of hydrogen-bond donors (Lipinski definition) is 1. The third-order valence-electron chi connectivity index (χ3n) is 8.46. The fourth-order valence-corrected chi connectivity index (χ4v) is 6.48. The fourth-order valence-electron chi connectivity index (χ4n) is 5.85. The van der Waals surface area contributed by atoms with E-state index in [0.29, 0.717) is 18.9 Å². The van der Waals surface area contributed by atoms with Gasteiger partial charge in [-0.15, -0.1) is 0 Å². The molecular formula is C34H61BrN2O4S. The topological polar surface area (TPSA) is 68.5 Å². The monoisotopic (exact) mass is 672 g/mol. The summed E-state index contributed by atoms with van der Waals surface area (Å²) in [6.45, 7) is 4.01. The number of rotatable bonds is 26. The number of esters is 1. The van der Waals surface area contributed by atoms with Gasteiger partial charge in [0.25, 0.3) is 0 Å². The second-order valence-electron chi connectivity index (χ2n) is 12.1. The molecule has 2 rings (SSSR count). The molecule has 1 N–H and O–H groups in total. The zero-order chi connectivity index (χ0) is 29.2. The summed E-state index contributed by atoms with van der Waals surface area (Å²) >= 11 is 1.67. The molecular weight excluding hydrogens is 612 g/mol. The van der Waals surface area contributed by atoms with Gasteiger partial charge in [-0.2, -0.15) is 4.57 Å². The van der Waals surface area contributed by atoms with Crippen molar-refractivity contribution in [2.75, 3.05) is 13.2 Å². The molecule has 6 nitrogen and oxygen atoms in total. The van der Waals surface area contributed by atoms with Crippen molar-refractivity contribution in [2.45, 2.75) is 167 Å². The maximum Gasteiger partial charge on any atom is 0.407 e. The lowest BCUT2D eigenvalue weighted by molar-refractivity contribution is -0.692. The summed E-state index contributed by atoms with van der Waals surface area (Å²) in [6.07, 6.45) is 29.3. The third-order valence-corrected chi connectivity index (χ3v) is 9.13. The minimum absolute atomic E-state index is 0. The summed E-state index contributed by atoms with van der Waals surface area (Å²) in [5.74, 6) is 0.128. The smallest absolute Gasteiger partial charge is 0.407 e. The molecule has 1 aromatic rings. The Morgan fingerprint density at radius 3 is 1.95 bits per heavy atom. The lowest BCUT2D eigenvalue weighted by Crippen LogP contribution is -3.00. The Bertz CT molecular complexity index is 759. The molecule has 0 bridgehead atoms. The first-order valence-electron chi connectivity index (χ1n) is 17.2. The second-order valence-corrected chi connectivity index (χ2v) is 12.9. The highest BCUT2D eigenvalue weighted by molar-refractivity contribution is 7.07. The third kappa shape index (κ3) is 20.7. The predicted molar refractivity (Wildman–Crippen MR) is 169 cm³/mol. The standard InChI is InChI=1S/C34H60N2O4S.BrH/c1-2-3-4-5-6-7-8-9-10-11-12-13-14-15-16-20-25-35-34(38)39-29-32(31-22-17-18-23-31)40-33(37)24-19-21-26-36-27-28-41-30-36;/h27-28,30-32H,2-26,29H2,1H3;1H. The average Bonchev–Trinajstić information content (AvgIpc) is 3.70. The van der Waals surface area contributed by atoms with E-state index in [1.807, 2.05) is 0 Å². The molecule has 8 heteroatoms. The number of ether oxygens (including phenoxy) is 2. The molecule has 1 amide bonds. The lowest BCUT2D eigenvalue weighted by atomic mass is 10.0. The Balaban J connectivity index is 0.00000882. The van der Waals surface area contributed by atoms with Crippen molar-refractivity contribution in [3.8, 4) is 0 Å². The molecule has 244 valence electrons. The van der Waals surface area contributed by atoms with E-state index in [1.54, 1.807) is 11.3 Å². The molecule has 0 saturated heterocycles. The SMILES string of the molecule is CCCCCCCCCCCCCCCCCCNC(=O)OCC(OC(=O)CCCC[n+]1ccsc1)C1CCCC1.[Br-]. The number of thiazole rings is 1. The van der Waals surface area contributed by atoms with Crippen LogP contribution in [0.4, 0.5) is 4.79 Å². The van der Waals surface area contributed by atoms with Gasteiger partial charge in [0.2, 0.25) is 5.51 Å². The van der Waals surface area contributed by atoms with E-state index in [4.69, 9.17) is 9.47 Å². The van der Waals surface area contributed by atoms with E-state index < -0.39 is 6.09 Å². The van der Waals surface area contributed by atoms with Crippen molar-refractivity contribution in [2.24, 2.45) is 5.92 Å². The van der Waals surface area contributed by atoms with Crippen molar-refractivity contribution in [1.29, 1.82) is 0 Å². The summed E-state index contributed by atoms with van der Waals surface area (Å²) in [7, 11) is 0. The van der Waals surface area contributed by atoms with E-state index in [9.17, 15) is 9.59 Å². The molecule has 1 unspecified atom stereocenters. The van der Waals surface area contributed by atoms with Crippen LogP contribution in [0.1, 0.15) is 155 Å². The number of carbonyl (C=O) groups excluding carboxylic acids is 2. The minimum atomic E-state index is -0.391. The van der Waals surface area contributed by atoms with Crippen LogP contribution in [0.5, 0.6) is 0 Å². The Morgan fingerprint density at radius 2 is 1.40 bits per heavy atom. The first kappa shape index (κ1) is 38.9. The van der Waals surface area contributed by atoms with Gasteiger partial charge in [0, 0.05) is 19.4 Å². The van der Waals surface area contributed by atoms with E-state index in [0.717, 1.165) is 57.9 Å². The Morgan fingerprint density at radius 1 is 0.833 bits per heavy atom. The Labute approximate surface area is 271 Å². The molecule has 1 fully saturated rings. The number of unbranched alkanes of at least 4 members (excludes halogenated alkanes) is 16. The van der Waals surface area contributed by atoms with Crippen LogP contribution in [0.25, 0.3) is 0 Å². The van der Waals surface area contributed by atoms with Crippen LogP contribution < -0.4 is 26.9 Å². The van der Waals surface area contributed by atoms with Crippen LogP contribution in [-0.2, 0) is 20.8 Å². The maximum absolute atomic E-state index is 12.5. The van der Waals surface area contributed by atoms with Crippen molar-refractivity contribution in [1.82, 2.24) is 5.32 Å². The summed E-state index contributed by atoms with van der Waals surface area (Å²) in [5.41, 5.74) is 2.08. The van der Waals surface area contributed by atoms with Crippen LogP contribution >= 0.6 is 11.3 Å². The normalized spacial score (nSPS) is 13.9. The van der Waals surface area contributed by atoms with Gasteiger partial charge in [-0.1, -0.05) is 127 Å². The molecule has 0 radical (unpaired) electrons. The number of halogens is 1. The molecule has 1 saturated carbocycles. The van der Waals surface area contributed by atoms with Crippen LogP contribution in [0.2, 0.25) is 0 Å². The molecule has 0 aliphatic heterocycles. The van der Waals surface area contributed by atoms with Gasteiger partial charge in [-0.25, -0.2) is 4.79 Å². The molecule has 1 aromatic heterocycles. The summed E-state index contributed by atoms with van der Waals surface area (Å²) in [6, 6.07) is 0. The lowest BCUT2D eigenvalue weighted by Gasteiger charge is -2.23. The van der Waals surface area contributed by atoms with E-state index in [2.05, 4.69) is 33.9 Å². The van der Waals surface area contributed by atoms with Crippen LogP contribution in [0.15, 0.2) is 17.1 Å². The molecule has 0 aromatic carbocycles. The zero-order valence-corrected chi connectivity index (χ0v) is 29.0. The van der Waals surface area contributed by atoms with Gasteiger partial charge in [0.15, 0.2) is 6.20 Å².